The molecule has 2 rings (SSSR count). The van der Waals surface area contributed by atoms with Crippen molar-refractivity contribution >= 4 is 49.1 Å². The number of nitrogens with one attached hydrogen (secondary N) is 1. The average Bonchev–Trinajstić information content (AvgIpc) is 2.59. The van der Waals surface area contributed by atoms with Crippen LogP contribution in [0.2, 0.25) is 5.02 Å². The van der Waals surface area contributed by atoms with E-state index in [4.69, 9.17) is 11.6 Å². The second kappa shape index (κ2) is 8.47. The molecule has 0 saturated heterocycles. The average molecular weight is 464 g/mol. The maximum Gasteiger partial charge on any atom is 0.258 e. The molecule has 26 heavy (non-hydrogen) atoms. The van der Waals surface area contributed by atoms with Crippen LogP contribution < -0.4 is 5.32 Å². The van der Waals surface area contributed by atoms with Gasteiger partial charge in [-0.05, 0) is 36.4 Å². The lowest BCUT2D eigenvalue weighted by Crippen LogP contribution is -2.30. The molecule has 0 radical (unpaired) electrons. The van der Waals surface area contributed by atoms with Gasteiger partial charge in [-0.1, -0.05) is 41.4 Å². The van der Waals surface area contributed by atoms with E-state index in [0.29, 0.717) is 17.6 Å². The molecule has 0 bridgehead atoms. The van der Waals surface area contributed by atoms with Crippen LogP contribution in [0.4, 0.5) is 10.1 Å². The molecule has 0 aliphatic heterocycles. The molecule has 0 aliphatic carbocycles. The minimum Gasteiger partial charge on any atom is -0.320 e. The van der Waals surface area contributed by atoms with Gasteiger partial charge in [0.15, 0.2) is 0 Å². The van der Waals surface area contributed by atoms with Crippen LogP contribution in [0.25, 0.3) is 0 Å². The highest BCUT2D eigenvalue weighted by atomic mass is 79.9. The second-order valence-electron chi connectivity index (χ2n) is 5.31. The number of halogens is 3. The van der Waals surface area contributed by atoms with Gasteiger partial charge in [-0.3, -0.25) is 4.79 Å². The van der Waals surface area contributed by atoms with Gasteiger partial charge in [0.25, 0.3) is 5.91 Å². The summed E-state index contributed by atoms with van der Waals surface area (Å²) in [7, 11) is -3.71. The molecule has 1 amide bonds. The number of carbonyl (C=O) groups is 1. The Hall–Kier alpha value is -1.48. The van der Waals surface area contributed by atoms with Crippen molar-refractivity contribution < 1.29 is 17.6 Å². The van der Waals surface area contributed by atoms with Crippen molar-refractivity contribution in [3.8, 4) is 0 Å². The molecular formula is C17H17BrClFN2O3S. The zero-order chi connectivity index (χ0) is 19.5. The summed E-state index contributed by atoms with van der Waals surface area (Å²) in [4.78, 5) is 12.4. The molecule has 0 heterocycles. The van der Waals surface area contributed by atoms with Crippen LogP contribution in [-0.2, 0) is 10.0 Å². The normalized spacial score (nSPS) is 11.6. The van der Waals surface area contributed by atoms with E-state index in [0.717, 1.165) is 6.07 Å². The van der Waals surface area contributed by atoms with Crippen molar-refractivity contribution in [3.63, 3.8) is 0 Å². The molecule has 9 heteroatoms. The van der Waals surface area contributed by atoms with Crippen molar-refractivity contribution in [1.82, 2.24) is 4.31 Å². The molecule has 1 N–H and O–H groups in total. The first-order valence-electron chi connectivity index (χ1n) is 7.76. The van der Waals surface area contributed by atoms with Crippen LogP contribution in [0.5, 0.6) is 0 Å². The standard InChI is InChI=1S/C17H17BrClFN2O3S/c1-3-22(4-2)26(24,25)12-6-7-14(19)16(10-12)21-17(23)13-9-11(18)5-8-15(13)20/h5-10H,3-4H2,1-2H3,(H,21,23). The van der Waals surface area contributed by atoms with Crippen molar-refractivity contribution in [2.75, 3.05) is 18.4 Å². The number of rotatable bonds is 6. The van der Waals surface area contributed by atoms with Gasteiger partial charge in [0.2, 0.25) is 10.0 Å². The van der Waals surface area contributed by atoms with Crippen molar-refractivity contribution in [2.45, 2.75) is 18.7 Å². The number of anilines is 1. The van der Waals surface area contributed by atoms with Gasteiger partial charge in [-0.25, -0.2) is 12.8 Å². The number of benzene rings is 2. The number of carbonyl (C=O) groups excluding carboxylic acids is 1. The number of sulfonamides is 1. The van der Waals surface area contributed by atoms with Crippen molar-refractivity contribution in [2.24, 2.45) is 0 Å². The predicted octanol–water partition coefficient (Wildman–Crippen LogP) is 4.52. The minimum absolute atomic E-state index is 0.00406. The molecule has 0 aliphatic rings. The first-order chi connectivity index (χ1) is 12.2. The Labute approximate surface area is 165 Å². The smallest absolute Gasteiger partial charge is 0.258 e. The maximum atomic E-state index is 13.9. The van der Waals surface area contributed by atoms with Gasteiger partial charge in [0, 0.05) is 17.6 Å². The first kappa shape index (κ1) is 20.8. The Balaban J connectivity index is 2.39. The van der Waals surface area contributed by atoms with Crippen LogP contribution >= 0.6 is 27.5 Å². The molecule has 0 unspecified atom stereocenters. The van der Waals surface area contributed by atoms with E-state index < -0.39 is 21.7 Å². The number of amides is 1. The quantitative estimate of drug-likeness (QED) is 0.685. The monoisotopic (exact) mass is 462 g/mol. The highest BCUT2D eigenvalue weighted by molar-refractivity contribution is 9.10. The van der Waals surface area contributed by atoms with Crippen LogP contribution in [0, 0.1) is 5.82 Å². The van der Waals surface area contributed by atoms with Gasteiger partial charge >= 0.3 is 0 Å². The summed E-state index contributed by atoms with van der Waals surface area (Å²) in [5, 5.41) is 2.61. The van der Waals surface area contributed by atoms with Gasteiger partial charge < -0.3 is 5.32 Å². The zero-order valence-corrected chi connectivity index (χ0v) is 17.3. The van der Waals surface area contributed by atoms with Crippen LogP contribution in [0.15, 0.2) is 45.8 Å². The minimum atomic E-state index is -3.71. The summed E-state index contributed by atoms with van der Waals surface area (Å²) in [5.41, 5.74) is -0.100. The fraction of sp³-hybridized carbons (Fsp3) is 0.235. The predicted molar refractivity (Wildman–Crippen MR) is 104 cm³/mol. The van der Waals surface area contributed by atoms with Crippen LogP contribution in [0.3, 0.4) is 0 Å². The second-order valence-corrected chi connectivity index (χ2v) is 8.57. The fourth-order valence-electron chi connectivity index (χ4n) is 2.33. The first-order valence-corrected chi connectivity index (χ1v) is 10.4. The summed E-state index contributed by atoms with van der Waals surface area (Å²) in [5.74, 6) is -1.43. The van der Waals surface area contributed by atoms with Gasteiger partial charge in [-0.15, -0.1) is 0 Å². The van der Waals surface area contributed by atoms with Gasteiger partial charge in [0.1, 0.15) is 5.82 Å². The molecule has 0 fully saturated rings. The van der Waals surface area contributed by atoms with Crippen LogP contribution in [0.1, 0.15) is 24.2 Å². The maximum absolute atomic E-state index is 13.9. The molecule has 140 valence electrons. The van der Waals surface area contributed by atoms with E-state index in [1.54, 1.807) is 13.8 Å². The van der Waals surface area contributed by atoms with E-state index >= 15 is 0 Å². The number of hydrogen-bond acceptors (Lipinski definition) is 3. The Bertz CT molecular complexity index is 934. The highest BCUT2D eigenvalue weighted by Gasteiger charge is 2.23. The van der Waals surface area contributed by atoms with Crippen molar-refractivity contribution in [3.05, 3.63) is 57.3 Å². The topological polar surface area (TPSA) is 66.5 Å². The largest absolute Gasteiger partial charge is 0.320 e. The zero-order valence-electron chi connectivity index (χ0n) is 14.1. The van der Waals surface area contributed by atoms with E-state index in [-0.39, 0.29) is 21.2 Å². The van der Waals surface area contributed by atoms with E-state index in [1.807, 2.05) is 0 Å². The highest BCUT2D eigenvalue weighted by Crippen LogP contribution is 2.28. The summed E-state index contributed by atoms with van der Waals surface area (Å²) in [6, 6.07) is 7.97. The van der Waals surface area contributed by atoms with E-state index in [2.05, 4.69) is 21.2 Å². The molecule has 0 atom stereocenters. The summed E-state index contributed by atoms with van der Waals surface area (Å²) in [6.45, 7) is 4.09. The lowest BCUT2D eigenvalue weighted by Gasteiger charge is -2.19. The molecule has 0 spiro atoms. The number of hydrogen-bond donors (Lipinski definition) is 1. The lowest BCUT2D eigenvalue weighted by atomic mass is 10.2. The molecular weight excluding hydrogens is 447 g/mol. The Kier molecular flexibility index (Phi) is 6.79. The molecule has 0 saturated carbocycles. The molecule has 2 aromatic carbocycles. The van der Waals surface area contributed by atoms with Gasteiger partial charge in [0.05, 0.1) is 21.2 Å². The fourth-order valence-corrected chi connectivity index (χ4v) is 4.35. The molecule has 0 aromatic heterocycles. The third-order valence-corrected chi connectivity index (χ3v) is 6.57. The molecule has 5 nitrogen and oxygen atoms in total. The Morgan fingerprint density at radius 2 is 1.85 bits per heavy atom. The Morgan fingerprint density at radius 3 is 2.46 bits per heavy atom. The van der Waals surface area contributed by atoms with Crippen LogP contribution in [-0.4, -0.2) is 31.7 Å². The van der Waals surface area contributed by atoms with Gasteiger partial charge in [-0.2, -0.15) is 4.31 Å². The van der Waals surface area contributed by atoms with E-state index in [9.17, 15) is 17.6 Å². The SMILES string of the molecule is CCN(CC)S(=O)(=O)c1ccc(Cl)c(NC(=O)c2cc(Br)ccc2F)c1. The summed E-state index contributed by atoms with van der Waals surface area (Å²) in [6.07, 6.45) is 0. The molecule has 2 aromatic rings. The third kappa shape index (κ3) is 4.43. The third-order valence-electron chi connectivity index (χ3n) is 3.70. The summed E-state index contributed by atoms with van der Waals surface area (Å²) < 4.78 is 40.9. The lowest BCUT2D eigenvalue weighted by molar-refractivity contribution is 0.102. The summed E-state index contributed by atoms with van der Waals surface area (Å²) >= 11 is 9.25. The van der Waals surface area contributed by atoms with Crippen molar-refractivity contribution in [1.29, 1.82) is 0 Å². The number of nitrogens with zero attached hydrogens (tertiary/aromatic N) is 1. The Morgan fingerprint density at radius 1 is 1.19 bits per heavy atom. The van der Waals surface area contributed by atoms with E-state index in [1.165, 1.54) is 34.6 Å².